The smallest absolute Gasteiger partial charge is 0.250 e. The van der Waals surface area contributed by atoms with Crippen LogP contribution in [0.2, 0.25) is 0 Å². The number of hydrazine groups is 1. The van der Waals surface area contributed by atoms with Gasteiger partial charge in [-0.25, -0.2) is 10.0 Å². The van der Waals surface area contributed by atoms with E-state index < -0.39 is 0 Å². The molecule has 0 radical (unpaired) electrons. The molecule has 3 rings (SSSR count). The normalized spacial score (nSPS) is 14.4. The van der Waals surface area contributed by atoms with Crippen LogP contribution in [0.25, 0.3) is 0 Å². The molecule has 0 saturated heterocycles. The van der Waals surface area contributed by atoms with Crippen LogP contribution in [0, 0.1) is 0 Å². The van der Waals surface area contributed by atoms with Gasteiger partial charge in [0.2, 0.25) is 0 Å². The van der Waals surface area contributed by atoms with Gasteiger partial charge in [0.05, 0.1) is 17.8 Å². The summed E-state index contributed by atoms with van der Waals surface area (Å²) in [6.45, 7) is 0. The minimum absolute atomic E-state index is 0.0322. The summed E-state index contributed by atoms with van der Waals surface area (Å²) in [4.78, 5) is 13.0. The summed E-state index contributed by atoms with van der Waals surface area (Å²) in [7, 11) is 0. The molecule has 21 heavy (non-hydrogen) atoms. The number of nitrogens with zero attached hydrogens (tertiary/aromatic N) is 2. The zero-order valence-electron chi connectivity index (χ0n) is 11.3. The molecule has 0 aromatic heterocycles. The minimum Gasteiger partial charge on any atom is -0.272 e. The standard InChI is InChI=1S/C17H14N2OS/c20-17-13-16(21)11-12-18(17)19(14-7-3-1-4-8-14)15-9-5-2-6-10-15/h1-12H,13H2. The van der Waals surface area contributed by atoms with E-state index in [1.807, 2.05) is 65.7 Å². The molecule has 1 aliphatic rings. The molecule has 0 aliphatic carbocycles. The van der Waals surface area contributed by atoms with Crippen LogP contribution >= 0.6 is 12.2 Å². The Bertz CT molecular complexity index is 643. The third kappa shape index (κ3) is 2.85. The second kappa shape index (κ2) is 5.89. The Labute approximate surface area is 129 Å². The first-order valence-corrected chi connectivity index (χ1v) is 7.10. The van der Waals surface area contributed by atoms with Crippen molar-refractivity contribution in [3.8, 4) is 0 Å². The number of benzene rings is 2. The molecule has 0 atom stereocenters. The molecule has 1 amide bonds. The van der Waals surface area contributed by atoms with E-state index >= 15 is 0 Å². The first kappa shape index (κ1) is 13.5. The van der Waals surface area contributed by atoms with Crippen molar-refractivity contribution in [2.45, 2.75) is 6.42 Å². The number of rotatable bonds is 3. The lowest BCUT2D eigenvalue weighted by Crippen LogP contribution is -2.42. The van der Waals surface area contributed by atoms with Crippen LogP contribution in [0.3, 0.4) is 0 Å². The van der Waals surface area contributed by atoms with E-state index in [0.717, 1.165) is 11.4 Å². The van der Waals surface area contributed by atoms with Crippen LogP contribution in [0.5, 0.6) is 0 Å². The highest BCUT2D eigenvalue weighted by Crippen LogP contribution is 2.28. The fourth-order valence-corrected chi connectivity index (χ4v) is 2.42. The van der Waals surface area contributed by atoms with Crippen LogP contribution in [-0.2, 0) is 4.79 Å². The van der Waals surface area contributed by atoms with Gasteiger partial charge in [0, 0.05) is 11.1 Å². The highest BCUT2D eigenvalue weighted by molar-refractivity contribution is 7.80. The van der Waals surface area contributed by atoms with Gasteiger partial charge >= 0.3 is 0 Å². The van der Waals surface area contributed by atoms with Gasteiger partial charge in [-0.05, 0) is 30.3 Å². The van der Waals surface area contributed by atoms with Crippen molar-refractivity contribution in [2.24, 2.45) is 0 Å². The van der Waals surface area contributed by atoms with E-state index in [4.69, 9.17) is 12.2 Å². The molecule has 104 valence electrons. The van der Waals surface area contributed by atoms with Crippen molar-refractivity contribution in [1.82, 2.24) is 5.01 Å². The molecule has 0 bridgehead atoms. The lowest BCUT2D eigenvalue weighted by molar-refractivity contribution is -0.127. The van der Waals surface area contributed by atoms with Crippen LogP contribution in [-0.4, -0.2) is 15.8 Å². The van der Waals surface area contributed by atoms with Gasteiger partial charge in [0.1, 0.15) is 0 Å². The Morgan fingerprint density at radius 1 is 0.905 bits per heavy atom. The monoisotopic (exact) mass is 294 g/mol. The number of para-hydroxylation sites is 2. The lowest BCUT2D eigenvalue weighted by atomic mass is 10.2. The predicted octanol–water partition coefficient (Wildman–Crippen LogP) is 3.86. The summed E-state index contributed by atoms with van der Waals surface area (Å²) in [5.74, 6) is -0.0322. The molecule has 0 spiro atoms. The molecule has 0 saturated carbocycles. The average molecular weight is 294 g/mol. The predicted molar refractivity (Wildman–Crippen MR) is 88.2 cm³/mol. The molecule has 1 heterocycles. The lowest BCUT2D eigenvalue weighted by Gasteiger charge is -2.35. The average Bonchev–Trinajstić information content (AvgIpc) is 2.52. The third-order valence-corrected chi connectivity index (χ3v) is 3.48. The van der Waals surface area contributed by atoms with Crippen molar-refractivity contribution >= 4 is 34.4 Å². The maximum absolute atomic E-state index is 12.3. The topological polar surface area (TPSA) is 23.6 Å². The fourth-order valence-electron chi connectivity index (χ4n) is 2.24. The zero-order chi connectivity index (χ0) is 14.7. The van der Waals surface area contributed by atoms with E-state index in [1.165, 1.54) is 0 Å². The highest BCUT2D eigenvalue weighted by atomic mass is 32.1. The molecule has 2 aromatic carbocycles. The first-order chi connectivity index (χ1) is 10.3. The third-order valence-electron chi connectivity index (χ3n) is 3.20. The van der Waals surface area contributed by atoms with E-state index in [1.54, 1.807) is 17.3 Å². The number of hydrogen-bond donors (Lipinski definition) is 0. The summed E-state index contributed by atoms with van der Waals surface area (Å²) >= 11 is 5.10. The number of thiocarbonyl (C=S) groups is 1. The Morgan fingerprint density at radius 2 is 1.43 bits per heavy atom. The van der Waals surface area contributed by atoms with Crippen LogP contribution < -0.4 is 5.01 Å². The maximum atomic E-state index is 12.3. The number of anilines is 2. The second-order valence-electron chi connectivity index (χ2n) is 4.68. The summed E-state index contributed by atoms with van der Waals surface area (Å²) in [5.41, 5.74) is 1.85. The molecule has 0 N–H and O–H groups in total. The molecular weight excluding hydrogens is 280 g/mol. The van der Waals surface area contributed by atoms with E-state index in [0.29, 0.717) is 4.86 Å². The van der Waals surface area contributed by atoms with Gasteiger partial charge in [-0.1, -0.05) is 48.6 Å². The Kier molecular flexibility index (Phi) is 3.79. The van der Waals surface area contributed by atoms with Crippen LogP contribution in [0.1, 0.15) is 6.42 Å². The Hall–Kier alpha value is -2.46. The molecule has 4 heteroatoms. The van der Waals surface area contributed by atoms with Crippen molar-refractivity contribution in [1.29, 1.82) is 0 Å². The second-order valence-corrected chi connectivity index (χ2v) is 5.20. The van der Waals surface area contributed by atoms with E-state index in [2.05, 4.69) is 0 Å². The quantitative estimate of drug-likeness (QED) is 0.803. The van der Waals surface area contributed by atoms with Crippen molar-refractivity contribution < 1.29 is 4.79 Å². The Balaban J connectivity index is 2.07. The van der Waals surface area contributed by atoms with Gasteiger partial charge in [-0.3, -0.25) is 4.79 Å². The molecule has 0 fully saturated rings. The molecule has 1 aliphatic heterocycles. The zero-order valence-corrected chi connectivity index (χ0v) is 12.2. The number of hydrogen-bond acceptors (Lipinski definition) is 3. The maximum Gasteiger partial charge on any atom is 0.250 e. The molecule has 3 nitrogen and oxygen atoms in total. The highest BCUT2D eigenvalue weighted by Gasteiger charge is 2.24. The molecule has 2 aromatic rings. The molecular formula is C17H14N2OS. The molecule has 0 unspecified atom stereocenters. The van der Waals surface area contributed by atoms with Crippen LogP contribution in [0.4, 0.5) is 11.4 Å². The summed E-state index contributed by atoms with van der Waals surface area (Å²) in [6.07, 6.45) is 3.80. The van der Waals surface area contributed by atoms with Gasteiger partial charge in [-0.15, -0.1) is 0 Å². The number of carbonyl (C=O) groups excluding carboxylic acids is 1. The first-order valence-electron chi connectivity index (χ1n) is 6.69. The van der Waals surface area contributed by atoms with Gasteiger partial charge in [0.15, 0.2) is 0 Å². The van der Waals surface area contributed by atoms with E-state index in [-0.39, 0.29) is 12.3 Å². The minimum atomic E-state index is -0.0322. The largest absolute Gasteiger partial charge is 0.272 e. The Morgan fingerprint density at radius 3 is 1.90 bits per heavy atom. The summed E-state index contributed by atoms with van der Waals surface area (Å²) in [5, 5.41) is 3.50. The SMILES string of the molecule is O=C1CC(=S)C=CN1N(c1ccccc1)c1ccccc1. The van der Waals surface area contributed by atoms with E-state index in [9.17, 15) is 4.79 Å². The summed E-state index contributed by atoms with van der Waals surface area (Å²) in [6, 6.07) is 19.6. The van der Waals surface area contributed by atoms with Gasteiger partial charge < -0.3 is 0 Å². The van der Waals surface area contributed by atoms with Crippen LogP contribution in [0.15, 0.2) is 72.9 Å². The summed E-state index contributed by atoms with van der Waals surface area (Å²) < 4.78 is 0. The number of allylic oxidation sites excluding steroid dienone is 1. The fraction of sp³-hybridized carbons (Fsp3) is 0.0588. The number of amides is 1. The van der Waals surface area contributed by atoms with Gasteiger partial charge in [0.25, 0.3) is 5.91 Å². The van der Waals surface area contributed by atoms with Crippen molar-refractivity contribution in [3.63, 3.8) is 0 Å². The number of carbonyl (C=O) groups is 1. The van der Waals surface area contributed by atoms with Gasteiger partial charge in [-0.2, -0.15) is 0 Å². The van der Waals surface area contributed by atoms with Crippen molar-refractivity contribution in [2.75, 3.05) is 5.01 Å². The van der Waals surface area contributed by atoms with Crippen molar-refractivity contribution in [3.05, 3.63) is 72.9 Å².